The number of hydrogen-bond acceptors (Lipinski definition) is 6. The Kier molecular flexibility index (Phi) is 7.97. The third-order valence-electron chi connectivity index (χ3n) is 4.20. The molecule has 1 aromatic heterocycles. The molecule has 0 N–H and O–H groups in total. The van der Waals surface area contributed by atoms with E-state index in [-0.39, 0.29) is 49.4 Å². The van der Waals surface area contributed by atoms with Gasteiger partial charge in [-0.05, 0) is 31.9 Å². The number of hydrogen-bond donors (Lipinski definition) is 0. The molecule has 1 aromatic carbocycles. The van der Waals surface area contributed by atoms with Gasteiger partial charge in [-0.3, -0.25) is 9.59 Å². The zero-order valence-electron chi connectivity index (χ0n) is 16.6. The molecule has 0 aliphatic rings. The summed E-state index contributed by atoms with van der Waals surface area (Å²) in [6, 6.07) is 3.00. The van der Waals surface area contributed by atoms with Crippen LogP contribution >= 0.6 is 0 Å². The van der Waals surface area contributed by atoms with Crippen molar-refractivity contribution in [3.05, 3.63) is 63.1 Å². The third kappa shape index (κ3) is 5.16. The maximum Gasteiger partial charge on any atom is 0.359 e. The molecule has 0 atom stereocenters. The molecule has 2 rings (SSSR count). The number of aromatic nitrogens is 1. The van der Waals surface area contributed by atoms with E-state index in [0.717, 1.165) is 16.8 Å². The van der Waals surface area contributed by atoms with Gasteiger partial charge in [0.2, 0.25) is 5.43 Å². The lowest BCUT2D eigenvalue weighted by Crippen LogP contribution is -2.27. The standard InChI is InChI=1S/C21H21F2NO6/c1-3-29-20-18(21(28)30-4-2)24(9-10-25)12-15(19(20)27)17(26)8-6-13-5-7-14(22)11-16(13)23/h5,7,10-12H,3-4,6,8-9H2,1-2H3. The van der Waals surface area contributed by atoms with Gasteiger partial charge in [0.1, 0.15) is 17.9 Å². The number of Topliss-reactive ketones (excluding diaryl/α,β-unsaturated/α-hetero) is 1. The zero-order valence-corrected chi connectivity index (χ0v) is 16.6. The normalized spacial score (nSPS) is 10.5. The van der Waals surface area contributed by atoms with E-state index in [1.54, 1.807) is 13.8 Å². The van der Waals surface area contributed by atoms with Gasteiger partial charge in [0.15, 0.2) is 17.2 Å². The third-order valence-corrected chi connectivity index (χ3v) is 4.20. The van der Waals surface area contributed by atoms with Crippen molar-refractivity contribution < 1.29 is 32.6 Å². The summed E-state index contributed by atoms with van der Waals surface area (Å²) in [7, 11) is 0. The predicted octanol–water partition coefficient (Wildman–Crippen LogP) is 2.72. The van der Waals surface area contributed by atoms with Crippen molar-refractivity contribution >= 4 is 18.0 Å². The Morgan fingerprint density at radius 1 is 1.17 bits per heavy atom. The number of aldehydes is 1. The van der Waals surface area contributed by atoms with Crippen molar-refractivity contribution in [3.8, 4) is 5.75 Å². The fourth-order valence-electron chi connectivity index (χ4n) is 2.86. The summed E-state index contributed by atoms with van der Waals surface area (Å²) in [5.74, 6) is -3.44. The van der Waals surface area contributed by atoms with Crippen LogP contribution in [-0.4, -0.2) is 35.8 Å². The van der Waals surface area contributed by atoms with Gasteiger partial charge in [-0.1, -0.05) is 6.07 Å². The molecule has 160 valence electrons. The van der Waals surface area contributed by atoms with Gasteiger partial charge in [-0.25, -0.2) is 13.6 Å². The molecule has 0 saturated heterocycles. The fourth-order valence-corrected chi connectivity index (χ4v) is 2.86. The largest absolute Gasteiger partial charge is 0.488 e. The van der Waals surface area contributed by atoms with E-state index in [4.69, 9.17) is 9.47 Å². The summed E-state index contributed by atoms with van der Waals surface area (Å²) in [6.45, 7) is 2.91. The van der Waals surface area contributed by atoms with Crippen LogP contribution in [0.25, 0.3) is 0 Å². The second-order valence-corrected chi connectivity index (χ2v) is 6.18. The Hall–Kier alpha value is -3.36. The van der Waals surface area contributed by atoms with E-state index >= 15 is 0 Å². The predicted molar refractivity (Wildman–Crippen MR) is 103 cm³/mol. The summed E-state index contributed by atoms with van der Waals surface area (Å²) in [5.41, 5.74) is -1.29. The van der Waals surface area contributed by atoms with Crippen LogP contribution in [0.5, 0.6) is 5.75 Å². The molecule has 0 radical (unpaired) electrons. The first-order valence-corrected chi connectivity index (χ1v) is 9.32. The van der Waals surface area contributed by atoms with Gasteiger partial charge in [-0.15, -0.1) is 0 Å². The topological polar surface area (TPSA) is 91.7 Å². The molecule has 0 amide bonds. The molecule has 9 heteroatoms. The number of carbonyl (C=O) groups is 3. The van der Waals surface area contributed by atoms with E-state index in [2.05, 4.69) is 0 Å². The first kappa shape index (κ1) is 22.9. The minimum Gasteiger partial charge on any atom is -0.488 e. The van der Waals surface area contributed by atoms with Crippen molar-refractivity contribution in [3.63, 3.8) is 0 Å². The number of pyridine rings is 1. The molecule has 7 nitrogen and oxygen atoms in total. The van der Waals surface area contributed by atoms with Gasteiger partial charge < -0.3 is 18.8 Å². The molecule has 2 aromatic rings. The summed E-state index contributed by atoms with van der Waals surface area (Å²) in [5, 5.41) is 0. The average molecular weight is 421 g/mol. The van der Waals surface area contributed by atoms with E-state index in [9.17, 15) is 28.0 Å². The fraction of sp³-hybridized carbons (Fsp3) is 0.333. The summed E-state index contributed by atoms with van der Waals surface area (Å²) in [6.07, 6.45) is 1.27. The Morgan fingerprint density at radius 3 is 2.50 bits per heavy atom. The maximum absolute atomic E-state index is 13.8. The van der Waals surface area contributed by atoms with E-state index in [1.165, 1.54) is 6.07 Å². The quantitative estimate of drug-likeness (QED) is 0.333. The lowest BCUT2D eigenvalue weighted by atomic mass is 10.0. The van der Waals surface area contributed by atoms with Gasteiger partial charge in [0, 0.05) is 18.7 Å². The van der Waals surface area contributed by atoms with Crippen LogP contribution in [0.1, 0.15) is 46.7 Å². The molecule has 30 heavy (non-hydrogen) atoms. The lowest BCUT2D eigenvalue weighted by Gasteiger charge is -2.16. The molecule has 0 bridgehead atoms. The van der Waals surface area contributed by atoms with Crippen LogP contribution in [0, 0.1) is 11.6 Å². The molecule has 0 aliphatic carbocycles. The monoisotopic (exact) mass is 421 g/mol. The minimum atomic E-state index is -0.868. The Bertz CT molecular complexity index is 1020. The Balaban J connectivity index is 2.45. The first-order valence-electron chi connectivity index (χ1n) is 9.32. The number of ketones is 1. The van der Waals surface area contributed by atoms with Crippen LogP contribution in [0.2, 0.25) is 0 Å². The lowest BCUT2D eigenvalue weighted by molar-refractivity contribution is -0.108. The van der Waals surface area contributed by atoms with Crippen LogP contribution in [0.15, 0.2) is 29.2 Å². The molecular weight excluding hydrogens is 400 g/mol. The molecule has 0 saturated carbocycles. The Labute approximate surface area is 171 Å². The summed E-state index contributed by atoms with van der Waals surface area (Å²) >= 11 is 0. The zero-order chi connectivity index (χ0) is 22.3. The second kappa shape index (κ2) is 10.4. The van der Waals surface area contributed by atoms with Crippen molar-refractivity contribution in [2.75, 3.05) is 13.2 Å². The van der Waals surface area contributed by atoms with E-state index in [0.29, 0.717) is 12.4 Å². The van der Waals surface area contributed by atoms with E-state index in [1.807, 2.05) is 0 Å². The molecule has 1 heterocycles. The maximum atomic E-state index is 13.8. The van der Waals surface area contributed by atoms with Gasteiger partial charge in [0.25, 0.3) is 0 Å². The van der Waals surface area contributed by atoms with Crippen LogP contribution in [0.3, 0.4) is 0 Å². The van der Waals surface area contributed by atoms with Crippen LogP contribution in [-0.2, 0) is 22.5 Å². The SMILES string of the molecule is CCOC(=O)c1c(OCC)c(=O)c(C(=O)CCc2ccc(F)cc2F)cn1CC=O. The summed E-state index contributed by atoms with van der Waals surface area (Å²) in [4.78, 5) is 48.9. The van der Waals surface area contributed by atoms with Crippen molar-refractivity contribution in [1.82, 2.24) is 4.57 Å². The number of ether oxygens (including phenoxy) is 2. The number of benzene rings is 1. The highest BCUT2D eigenvalue weighted by Crippen LogP contribution is 2.19. The van der Waals surface area contributed by atoms with Crippen molar-refractivity contribution in [2.45, 2.75) is 33.2 Å². The molecule has 0 aliphatic heterocycles. The highest BCUT2D eigenvalue weighted by molar-refractivity contribution is 5.98. The second-order valence-electron chi connectivity index (χ2n) is 6.18. The van der Waals surface area contributed by atoms with E-state index < -0.39 is 34.6 Å². The average Bonchev–Trinajstić information content (AvgIpc) is 2.69. The van der Waals surface area contributed by atoms with Gasteiger partial charge >= 0.3 is 5.97 Å². The Morgan fingerprint density at radius 2 is 1.90 bits per heavy atom. The molecule has 0 spiro atoms. The number of nitrogens with zero attached hydrogens (tertiary/aromatic N) is 1. The van der Waals surface area contributed by atoms with Crippen molar-refractivity contribution in [2.24, 2.45) is 0 Å². The highest BCUT2D eigenvalue weighted by Gasteiger charge is 2.26. The van der Waals surface area contributed by atoms with Crippen molar-refractivity contribution in [1.29, 1.82) is 0 Å². The minimum absolute atomic E-state index is 0.0289. The number of aryl methyl sites for hydroxylation is 1. The molecule has 0 fully saturated rings. The smallest absolute Gasteiger partial charge is 0.359 e. The highest BCUT2D eigenvalue weighted by atomic mass is 19.1. The number of halogens is 2. The van der Waals surface area contributed by atoms with Gasteiger partial charge in [-0.2, -0.15) is 0 Å². The number of rotatable bonds is 10. The van der Waals surface area contributed by atoms with Crippen LogP contribution in [0.4, 0.5) is 8.78 Å². The van der Waals surface area contributed by atoms with Gasteiger partial charge in [0.05, 0.1) is 25.3 Å². The number of carbonyl (C=O) groups excluding carboxylic acids is 3. The molecular formula is C21H21F2NO6. The van der Waals surface area contributed by atoms with Crippen LogP contribution < -0.4 is 10.2 Å². The summed E-state index contributed by atoms with van der Waals surface area (Å²) < 4.78 is 38.2. The first-order chi connectivity index (χ1) is 14.3. The molecule has 0 unspecified atom stereocenters. The number of esters is 1.